The van der Waals surface area contributed by atoms with Crippen molar-refractivity contribution < 1.29 is 9.47 Å². The third-order valence-corrected chi connectivity index (χ3v) is 6.57. The van der Waals surface area contributed by atoms with Crippen LogP contribution in [0.2, 0.25) is 0 Å². The molecule has 0 spiro atoms. The van der Waals surface area contributed by atoms with Gasteiger partial charge in [0.1, 0.15) is 0 Å². The van der Waals surface area contributed by atoms with E-state index in [0.29, 0.717) is 12.2 Å². The van der Waals surface area contributed by atoms with Crippen LogP contribution in [-0.2, 0) is 9.47 Å². The van der Waals surface area contributed by atoms with Crippen molar-refractivity contribution in [2.75, 3.05) is 79.2 Å². The number of nitrogens with one attached hydrogen (secondary N) is 1. The van der Waals surface area contributed by atoms with Gasteiger partial charge in [0.25, 0.3) is 0 Å². The van der Waals surface area contributed by atoms with Gasteiger partial charge >= 0.3 is 0 Å². The van der Waals surface area contributed by atoms with Crippen LogP contribution in [0.5, 0.6) is 0 Å². The van der Waals surface area contributed by atoms with Crippen LogP contribution in [0, 0.1) is 0 Å². The van der Waals surface area contributed by atoms with E-state index >= 15 is 0 Å². The van der Waals surface area contributed by atoms with E-state index in [4.69, 9.17) is 14.5 Å². The largest absolute Gasteiger partial charge is 0.376 e. The van der Waals surface area contributed by atoms with Crippen molar-refractivity contribution in [2.45, 2.75) is 64.1 Å². The fourth-order valence-electron chi connectivity index (χ4n) is 4.65. The zero-order valence-corrected chi connectivity index (χ0v) is 19.5. The fourth-order valence-corrected chi connectivity index (χ4v) is 4.65. The Morgan fingerprint density at radius 1 is 1.03 bits per heavy atom. The summed E-state index contributed by atoms with van der Waals surface area (Å²) in [6.07, 6.45) is 8.92. The maximum atomic E-state index is 6.17. The predicted octanol–water partition coefficient (Wildman–Crippen LogP) is 2.03. The molecule has 7 heteroatoms. The summed E-state index contributed by atoms with van der Waals surface area (Å²) in [7, 11) is 2.23. The van der Waals surface area contributed by atoms with E-state index in [1.807, 2.05) is 0 Å². The Labute approximate surface area is 184 Å². The minimum atomic E-state index is 0.320. The second-order valence-electron chi connectivity index (χ2n) is 9.10. The Hall–Kier alpha value is -0.890. The van der Waals surface area contributed by atoms with Crippen LogP contribution < -0.4 is 5.32 Å². The molecule has 0 aromatic rings. The predicted molar refractivity (Wildman–Crippen MR) is 123 cm³/mol. The van der Waals surface area contributed by atoms with Crippen molar-refractivity contribution >= 4 is 5.96 Å². The lowest BCUT2D eigenvalue weighted by molar-refractivity contribution is -0.0721. The highest BCUT2D eigenvalue weighted by Gasteiger charge is 2.23. The molecule has 0 saturated carbocycles. The third-order valence-electron chi connectivity index (χ3n) is 6.57. The molecule has 3 fully saturated rings. The molecule has 3 saturated heterocycles. The van der Waals surface area contributed by atoms with Crippen LogP contribution in [0.3, 0.4) is 0 Å². The zero-order valence-electron chi connectivity index (χ0n) is 19.5. The molecule has 3 aliphatic rings. The molecule has 0 bridgehead atoms. The first-order valence-corrected chi connectivity index (χ1v) is 12.4. The second kappa shape index (κ2) is 13.5. The maximum absolute atomic E-state index is 6.17. The number of ether oxygens (including phenoxy) is 2. The van der Waals surface area contributed by atoms with E-state index in [9.17, 15) is 0 Å². The summed E-state index contributed by atoms with van der Waals surface area (Å²) in [6.45, 7) is 13.7. The molecule has 1 atom stereocenters. The monoisotopic (exact) mass is 423 g/mol. The minimum Gasteiger partial charge on any atom is -0.376 e. The minimum absolute atomic E-state index is 0.320. The summed E-state index contributed by atoms with van der Waals surface area (Å²) in [5.41, 5.74) is 0. The van der Waals surface area contributed by atoms with Crippen molar-refractivity contribution in [3.63, 3.8) is 0 Å². The molecule has 3 heterocycles. The lowest BCUT2D eigenvalue weighted by atomic mass is 10.1. The molecule has 0 aromatic carbocycles. The molecule has 1 unspecified atom stereocenters. The molecule has 174 valence electrons. The number of aliphatic imine (C=N–C) groups is 1. The Balaban J connectivity index is 1.34. The summed E-state index contributed by atoms with van der Waals surface area (Å²) >= 11 is 0. The molecule has 0 amide bonds. The van der Waals surface area contributed by atoms with Gasteiger partial charge in [-0.1, -0.05) is 0 Å². The van der Waals surface area contributed by atoms with Gasteiger partial charge in [0.05, 0.1) is 18.8 Å². The highest BCUT2D eigenvalue weighted by molar-refractivity contribution is 5.80. The van der Waals surface area contributed by atoms with Crippen LogP contribution in [0.4, 0.5) is 0 Å². The van der Waals surface area contributed by atoms with Crippen LogP contribution in [0.1, 0.15) is 51.9 Å². The first-order valence-electron chi connectivity index (χ1n) is 12.4. The highest BCUT2D eigenvalue weighted by Crippen LogP contribution is 2.18. The third kappa shape index (κ3) is 8.33. The fraction of sp³-hybridized carbons (Fsp3) is 0.957. The van der Waals surface area contributed by atoms with Crippen molar-refractivity contribution in [3.8, 4) is 0 Å². The SMILES string of the molecule is CCNC(=NCCCN1CCCN(C)CC1)N1CCC(OCC2CCCCO2)CC1. The van der Waals surface area contributed by atoms with E-state index in [1.54, 1.807) is 0 Å². The molecule has 30 heavy (non-hydrogen) atoms. The summed E-state index contributed by atoms with van der Waals surface area (Å²) in [5, 5.41) is 3.50. The van der Waals surface area contributed by atoms with Crippen LogP contribution >= 0.6 is 0 Å². The normalized spacial score (nSPS) is 26.0. The van der Waals surface area contributed by atoms with E-state index in [-0.39, 0.29) is 0 Å². The number of hydrogen-bond donors (Lipinski definition) is 1. The smallest absolute Gasteiger partial charge is 0.193 e. The summed E-state index contributed by atoms with van der Waals surface area (Å²) in [4.78, 5) is 12.4. The number of rotatable bonds is 8. The van der Waals surface area contributed by atoms with E-state index in [0.717, 1.165) is 77.6 Å². The van der Waals surface area contributed by atoms with Gasteiger partial charge in [0.2, 0.25) is 0 Å². The lowest BCUT2D eigenvalue weighted by Crippen LogP contribution is -2.47. The van der Waals surface area contributed by atoms with Gasteiger partial charge in [-0.05, 0) is 78.6 Å². The average Bonchev–Trinajstić information content (AvgIpc) is 2.99. The average molecular weight is 424 g/mol. The Kier molecular flexibility index (Phi) is 10.7. The molecule has 0 aliphatic carbocycles. The van der Waals surface area contributed by atoms with Gasteiger partial charge in [-0.25, -0.2) is 0 Å². The maximum Gasteiger partial charge on any atom is 0.193 e. The van der Waals surface area contributed by atoms with Crippen LogP contribution in [-0.4, -0.2) is 112 Å². The van der Waals surface area contributed by atoms with Crippen LogP contribution in [0.25, 0.3) is 0 Å². The molecule has 0 aromatic heterocycles. The summed E-state index contributed by atoms with van der Waals surface area (Å²) < 4.78 is 12.0. The van der Waals surface area contributed by atoms with Gasteiger partial charge in [-0.2, -0.15) is 0 Å². The zero-order chi connectivity index (χ0) is 21.0. The van der Waals surface area contributed by atoms with Crippen molar-refractivity contribution in [1.29, 1.82) is 0 Å². The number of likely N-dealkylation sites (tertiary alicyclic amines) is 1. The number of guanidine groups is 1. The molecule has 3 rings (SSSR count). The van der Waals surface area contributed by atoms with Crippen molar-refractivity contribution in [1.82, 2.24) is 20.0 Å². The van der Waals surface area contributed by atoms with Crippen molar-refractivity contribution in [2.24, 2.45) is 4.99 Å². The highest BCUT2D eigenvalue weighted by atomic mass is 16.5. The van der Waals surface area contributed by atoms with E-state index in [2.05, 4.69) is 34.0 Å². The first-order chi connectivity index (χ1) is 14.7. The van der Waals surface area contributed by atoms with Gasteiger partial charge in [0, 0.05) is 45.9 Å². The summed E-state index contributed by atoms with van der Waals surface area (Å²) in [5.74, 6) is 1.09. The Bertz CT molecular complexity index is 490. The van der Waals surface area contributed by atoms with Gasteiger partial charge in [-0.15, -0.1) is 0 Å². The molecule has 1 N–H and O–H groups in total. The van der Waals surface area contributed by atoms with Gasteiger partial charge in [-0.3, -0.25) is 4.99 Å². The van der Waals surface area contributed by atoms with Crippen LogP contribution in [0.15, 0.2) is 4.99 Å². The van der Waals surface area contributed by atoms with Crippen molar-refractivity contribution in [3.05, 3.63) is 0 Å². The lowest BCUT2D eigenvalue weighted by Gasteiger charge is -2.35. The number of piperidine rings is 1. The van der Waals surface area contributed by atoms with E-state index < -0.39 is 0 Å². The number of likely N-dealkylation sites (N-methyl/N-ethyl adjacent to an activating group) is 1. The molecule has 0 radical (unpaired) electrons. The number of hydrogen-bond acceptors (Lipinski definition) is 5. The molecular weight excluding hydrogens is 378 g/mol. The quantitative estimate of drug-likeness (QED) is 0.366. The second-order valence-corrected chi connectivity index (χ2v) is 9.10. The molecule has 7 nitrogen and oxygen atoms in total. The van der Waals surface area contributed by atoms with Gasteiger partial charge in [0.15, 0.2) is 5.96 Å². The standard InChI is InChI=1S/C23H45N5O2/c1-3-24-23(25-11-6-13-27-14-7-12-26(2)17-18-27)28-15-9-21(10-16-28)30-20-22-8-4-5-19-29-22/h21-22H,3-20H2,1-2H3,(H,24,25). The Morgan fingerprint density at radius 3 is 2.67 bits per heavy atom. The molecular formula is C23H45N5O2. The Morgan fingerprint density at radius 2 is 1.90 bits per heavy atom. The van der Waals surface area contributed by atoms with Gasteiger partial charge < -0.3 is 29.5 Å². The van der Waals surface area contributed by atoms with E-state index in [1.165, 1.54) is 45.4 Å². The summed E-state index contributed by atoms with van der Waals surface area (Å²) in [6, 6.07) is 0. The molecule has 3 aliphatic heterocycles. The first kappa shape index (κ1) is 23.8. The number of nitrogens with zero attached hydrogens (tertiary/aromatic N) is 4. The topological polar surface area (TPSA) is 52.6 Å².